The monoisotopic (exact) mass is 354 g/mol. The number of nitrogens with zero attached hydrogens (tertiary/aromatic N) is 3. The Labute approximate surface area is 134 Å². The van der Waals surface area contributed by atoms with Crippen LogP contribution in [0.15, 0.2) is 22.8 Å². The number of pyridine rings is 1. The fraction of sp³-hybridized carbons (Fsp3) is 0.600. The minimum atomic E-state index is -0.345. The number of hydrogen-bond acceptors (Lipinski definition) is 4. The Morgan fingerprint density at radius 3 is 2.67 bits per heavy atom. The molecule has 0 radical (unpaired) electrons. The maximum atomic E-state index is 12.3. The molecule has 116 valence electrons. The van der Waals surface area contributed by atoms with Gasteiger partial charge in [0.2, 0.25) is 5.91 Å². The van der Waals surface area contributed by atoms with Crippen molar-refractivity contribution in [1.82, 2.24) is 9.88 Å². The molecule has 0 aromatic carbocycles. The molecule has 0 spiro atoms. The zero-order valence-corrected chi connectivity index (χ0v) is 14.1. The second-order valence-corrected chi connectivity index (χ2v) is 6.31. The van der Waals surface area contributed by atoms with Crippen molar-refractivity contribution in [2.75, 3.05) is 31.1 Å². The molecule has 1 amide bonds. The highest BCUT2D eigenvalue weighted by molar-refractivity contribution is 9.10. The van der Waals surface area contributed by atoms with E-state index in [9.17, 15) is 4.79 Å². The molecule has 0 aliphatic carbocycles. The van der Waals surface area contributed by atoms with Crippen molar-refractivity contribution in [2.45, 2.75) is 32.2 Å². The average molecular weight is 355 g/mol. The maximum Gasteiger partial charge on any atom is 0.239 e. The molecule has 5 nitrogen and oxygen atoms in total. The molecule has 1 aromatic heterocycles. The van der Waals surface area contributed by atoms with Gasteiger partial charge in [-0.3, -0.25) is 4.79 Å². The minimum absolute atomic E-state index is 0.0897. The molecule has 1 aromatic rings. The van der Waals surface area contributed by atoms with Crippen molar-refractivity contribution in [1.29, 1.82) is 0 Å². The van der Waals surface area contributed by atoms with Gasteiger partial charge in [0.25, 0.3) is 0 Å². The predicted molar refractivity (Wildman–Crippen MR) is 88.2 cm³/mol. The summed E-state index contributed by atoms with van der Waals surface area (Å²) in [5.74, 6) is 1.05. The van der Waals surface area contributed by atoms with Crippen molar-refractivity contribution >= 4 is 27.7 Å². The number of hydrogen-bond donors (Lipinski definition) is 1. The first-order chi connectivity index (χ1) is 10.1. The van der Waals surface area contributed by atoms with Crippen LogP contribution < -0.4 is 10.6 Å². The van der Waals surface area contributed by atoms with E-state index in [-0.39, 0.29) is 11.9 Å². The van der Waals surface area contributed by atoms with E-state index in [0.29, 0.717) is 0 Å². The predicted octanol–water partition coefficient (Wildman–Crippen LogP) is 2.01. The number of unbranched alkanes of at least 4 members (excludes halogenated alkanes) is 1. The van der Waals surface area contributed by atoms with Gasteiger partial charge in [-0.2, -0.15) is 0 Å². The fourth-order valence-corrected chi connectivity index (χ4v) is 2.73. The molecule has 6 heteroatoms. The van der Waals surface area contributed by atoms with Crippen molar-refractivity contribution in [3.63, 3.8) is 0 Å². The summed E-state index contributed by atoms with van der Waals surface area (Å²) in [6.45, 7) is 5.16. The van der Waals surface area contributed by atoms with Crippen LogP contribution >= 0.6 is 15.9 Å². The molecule has 1 fully saturated rings. The zero-order chi connectivity index (χ0) is 15.2. The van der Waals surface area contributed by atoms with Gasteiger partial charge < -0.3 is 15.5 Å². The standard InChI is InChI=1S/C15H23BrN4O/c1-2-3-4-13(17)15(21)20-9-7-19(8-10-20)14-6-5-12(16)11-18-14/h5-6,11,13H,2-4,7-10,17H2,1H3/t13-/m0/s1. The Kier molecular flexibility index (Phi) is 5.99. The lowest BCUT2D eigenvalue weighted by Crippen LogP contribution is -2.53. The van der Waals surface area contributed by atoms with Crippen molar-refractivity contribution in [3.8, 4) is 0 Å². The van der Waals surface area contributed by atoms with Gasteiger partial charge in [-0.15, -0.1) is 0 Å². The SMILES string of the molecule is CCCC[C@H](N)C(=O)N1CCN(c2ccc(Br)cn2)CC1. The number of amides is 1. The van der Waals surface area contributed by atoms with Crippen molar-refractivity contribution in [2.24, 2.45) is 5.73 Å². The fourth-order valence-electron chi connectivity index (χ4n) is 2.49. The van der Waals surface area contributed by atoms with E-state index < -0.39 is 0 Å². The number of rotatable bonds is 5. The topological polar surface area (TPSA) is 62.5 Å². The van der Waals surface area contributed by atoms with Gasteiger partial charge >= 0.3 is 0 Å². The molecule has 1 saturated heterocycles. The largest absolute Gasteiger partial charge is 0.353 e. The lowest BCUT2D eigenvalue weighted by molar-refractivity contribution is -0.133. The van der Waals surface area contributed by atoms with Gasteiger partial charge in [-0.05, 0) is 34.5 Å². The second-order valence-electron chi connectivity index (χ2n) is 5.40. The van der Waals surface area contributed by atoms with Crippen LogP contribution in [0.4, 0.5) is 5.82 Å². The van der Waals surface area contributed by atoms with Gasteiger partial charge in [-0.25, -0.2) is 4.98 Å². The van der Waals surface area contributed by atoms with Crippen molar-refractivity contribution in [3.05, 3.63) is 22.8 Å². The first kappa shape index (κ1) is 16.2. The first-order valence-corrected chi connectivity index (χ1v) is 8.32. The average Bonchev–Trinajstić information content (AvgIpc) is 2.53. The van der Waals surface area contributed by atoms with Crippen LogP contribution in [0.2, 0.25) is 0 Å². The molecular formula is C15H23BrN4O. The minimum Gasteiger partial charge on any atom is -0.353 e. The van der Waals surface area contributed by atoms with Gasteiger partial charge in [0.05, 0.1) is 6.04 Å². The number of halogens is 1. The first-order valence-electron chi connectivity index (χ1n) is 7.52. The number of carbonyl (C=O) groups excluding carboxylic acids is 1. The Morgan fingerprint density at radius 2 is 2.10 bits per heavy atom. The van der Waals surface area contributed by atoms with Gasteiger partial charge in [-0.1, -0.05) is 19.8 Å². The van der Waals surface area contributed by atoms with E-state index in [1.54, 1.807) is 6.20 Å². The third-order valence-electron chi connectivity index (χ3n) is 3.81. The summed E-state index contributed by atoms with van der Waals surface area (Å²) in [4.78, 5) is 20.7. The summed E-state index contributed by atoms with van der Waals surface area (Å²) >= 11 is 3.39. The number of aromatic nitrogens is 1. The summed E-state index contributed by atoms with van der Waals surface area (Å²) in [7, 11) is 0. The molecule has 1 atom stereocenters. The molecular weight excluding hydrogens is 332 g/mol. The molecule has 21 heavy (non-hydrogen) atoms. The highest BCUT2D eigenvalue weighted by Gasteiger charge is 2.25. The number of piperazine rings is 1. The van der Waals surface area contributed by atoms with E-state index in [1.165, 1.54) is 0 Å². The molecule has 2 N–H and O–H groups in total. The summed E-state index contributed by atoms with van der Waals surface area (Å²) < 4.78 is 0.974. The van der Waals surface area contributed by atoms with Crippen LogP contribution in [-0.4, -0.2) is 48.0 Å². The lowest BCUT2D eigenvalue weighted by Gasteiger charge is -2.36. The number of nitrogens with two attached hydrogens (primary N) is 1. The van der Waals surface area contributed by atoms with E-state index in [1.807, 2.05) is 17.0 Å². The highest BCUT2D eigenvalue weighted by atomic mass is 79.9. The quantitative estimate of drug-likeness (QED) is 0.878. The summed E-state index contributed by atoms with van der Waals surface area (Å²) in [6, 6.07) is 3.64. The smallest absolute Gasteiger partial charge is 0.239 e. The third-order valence-corrected chi connectivity index (χ3v) is 4.28. The second kappa shape index (κ2) is 7.75. The molecule has 1 aliphatic rings. The van der Waals surface area contributed by atoms with Crippen LogP contribution in [0.5, 0.6) is 0 Å². The summed E-state index contributed by atoms with van der Waals surface area (Å²) in [5, 5.41) is 0. The Bertz CT molecular complexity index is 457. The summed E-state index contributed by atoms with van der Waals surface area (Å²) in [5.41, 5.74) is 5.97. The molecule has 2 heterocycles. The molecule has 2 rings (SSSR count). The van der Waals surface area contributed by atoms with Gasteiger partial charge in [0, 0.05) is 36.8 Å². The van der Waals surface area contributed by atoms with Crippen molar-refractivity contribution < 1.29 is 4.79 Å². The Balaban J connectivity index is 1.85. The maximum absolute atomic E-state index is 12.3. The van der Waals surface area contributed by atoms with Crippen LogP contribution in [0.25, 0.3) is 0 Å². The van der Waals surface area contributed by atoms with Crippen LogP contribution in [-0.2, 0) is 4.79 Å². The van der Waals surface area contributed by atoms with Crippen LogP contribution in [0.1, 0.15) is 26.2 Å². The number of carbonyl (C=O) groups is 1. The van der Waals surface area contributed by atoms with E-state index >= 15 is 0 Å². The highest BCUT2D eigenvalue weighted by Crippen LogP contribution is 2.17. The van der Waals surface area contributed by atoms with Crippen LogP contribution in [0, 0.1) is 0 Å². The Morgan fingerprint density at radius 1 is 1.38 bits per heavy atom. The molecule has 0 bridgehead atoms. The normalized spacial score (nSPS) is 16.9. The van der Waals surface area contributed by atoms with E-state index in [2.05, 4.69) is 32.7 Å². The molecule has 1 aliphatic heterocycles. The summed E-state index contributed by atoms with van der Waals surface area (Å²) in [6.07, 6.45) is 4.66. The van der Waals surface area contributed by atoms with Crippen LogP contribution in [0.3, 0.4) is 0 Å². The third kappa shape index (κ3) is 4.41. The number of anilines is 1. The van der Waals surface area contributed by atoms with E-state index in [0.717, 1.165) is 55.7 Å². The van der Waals surface area contributed by atoms with Gasteiger partial charge in [0.15, 0.2) is 0 Å². The van der Waals surface area contributed by atoms with E-state index in [4.69, 9.17) is 5.73 Å². The molecule has 0 saturated carbocycles. The Hall–Kier alpha value is -1.14. The zero-order valence-electron chi connectivity index (χ0n) is 12.5. The molecule has 0 unspecified atom stereocenters. The lowest BCUT2D eigenvalue weighted by atomic mass is 10.1. The van der Waals surface area contributed by atoms with Gasteiger partial charge in [0.1, 0.15) is 5.82 Å².